The van der Waals surface area contributed by atoms with Gasteiger partial charge in [0.05, 0.1) is 6.54 Å². The predicted molar refractivity (Wildman–Crippen MR) is 62.4 cm³/mol. The lowest BCUT2D eigenvalue weighted by molar-refractivity contribution is 0.469. The molecule has 0 radical (unpaired) electrons. The van der Waals surface area contributed by atoms with Crippen molar-refractivity contribution in [3.05, 3.63) is 41.5 Å². The lowest BCUT2D eigenvalue weighted by Crippen LogP contribution is -2.19. The Bertz CT molecular complexity index is 509. The number of nitrogens with zero attached hydrogens (tertiary/aromatic N) is 2. The minimum absolute atomic E-state index is 0.294. The third kappa shape index (κ3) is 1.89. The van der Waals surface area contributed by atoms with Gasteiger partial charge in [0.25, 0.3) is 0 Å². The van der Waals surface area contributed by atoms with Crippen LogP contribution < -0.4 is 5.32 Å². The lowest BCUT2D eigenvalue weighted by atomic mass is 10.1. The number of H-pyrrole nitrogens is 1. The smallest absolute Gasteiger partial charge is 0.138 e. The van der Waals surface area contributed by atoms with E-state index < -0.39 is 0 Å². The molecule has 1 aliphatic carbocycles. The molecule has 88 valence electrons. The van der Waals surface area contributed by atoms with Crippen LogP contribution in [0.3, 0.4) is 0 Å². The van der Waals surface area contributed by atoms with Crippen LogP contribution in [0.5, 0.6) is 5.75 Å². The van der Waals surface area contributed by atoms with Crippen molar-refractivity contribution in [1.29, 1.82) is 0 Å². The second-order valence-electron chi connectivity index (χ2n) is 4.25. The Balaban J connectivity index is 1.73. The third-order valence-corrected chi connectivity index (χ3v) is 3.23. The first-order chi connectivity index (χ1) is 8.34. The van der Waals surface area contributed by atoms with Crippen LogP contribution in [-0.4, -0.2) is 20.3 Å². The van der Waals surface area contributed by atoms with E-state index in [0.29, 0.717) is 18.3 Å². The number of nitrogens with one attached hydrogen (secondary N) is 2. The molecule has 1 heterocycles. The molecule has 1 unspecified atom stereocenters. The molecule has 1 aromatic carbocycles. The van der Waals surface area contributed by atoms with Gasteiger partial charge in [0.1, 0.15) is 17.9 Å². The molecule has 0 bridgehead atoms. The van der Waals surface area contributed by atoms with Gasteiger partial charge in [-0.15, -0.1) is 0 Å². The van der Waals surface area contributed by atoms with E-state index in [2.05, 4.69) is 26.6 Å². The summed E-state index contributed by atoms with van der Waals surface area (Å²) in [4.78, 5) is 4.07. The summed E-state index contributed by atoms with van der Waals surface area (Å²) < 4.78 is 0. The van der Waals surface area contributed by atoms with Crippen molar-refractivity contribution in [2.75, 3.05) is 0 Å². The van der Waals surface area contributed by atoms with Gasteiger partial charge in [-0.05, 0) is 30.0 Å². The SMILES string of the molecule is Oc1cccc2c1CCC2NCc1ncn[nH]1. The average Bonchev–Trinajstić information content (AvgIpc) is 2.95. The maximum atomic E-state index is 9.75. The summed E-state index contributed by atoms with van der Waals surface area (Å²) in [6.45, 7) is 0.666. The Hall–Kier alpha value is -1.88. The molecule has 3 rings (SSSR count). The van der Waals surface area contributed by atoms with Crippen LogP contribution >= 0.6 is 0 Å². The first-order valence-corrected chi connectivity index (χ1v) is 5.73. The lowest BCUT2D eigenvalue weighted by Gasteiger charge is -2.12. The first kappa shape index (κ1) is 10.3. The summed E-state index contributed by atoms with van der Waals surface area (Å²) in [7, 11) is 0. The number of benzene rings is 1. The van der Waals surface area contributed by atoms with Gasteiger partial charge in [-0.1, -0.05) is 12.1 Å². The number of aromatic hydroxyl groups is 1. The Kier molecular flexibility index (Phi) is 2.53. The van der Waals surface area contributed by atoms with E-state index in [0.717, 1.165) is 24.2 Å². The van der Waals surface area contributed by atoms with Crippen LogP contribution in [0, 0.1) is 0 Å². The maximum Gasteiger partial charge on any atom is 0.138 e. The van der Waals surface area contributed by atoms with E-state index in [1.807, 2.05) is 6.07 Å². The Morgan fingerprint density at radius 2 is 2.41 bits per heavy atom. The zero-order chi connectivity index (χ0) is 11.7. The Morgan fingerprint density at radius 1 is 1.47 bits per heavy atom. The number of fused-ring (bicyclic) bond motifs is 1. The number of phenols is 1. The minimum atomic E-state index is 0.294. The molecule has 3 N–H and O–H groups in total. The molecule has 17 heavy (non-hydrogen) atoms. The number of rotatable bonds is 3. The number of aromatic nitrogens is 3. The average molecular weight is 230 g/mol. The predicted octanol–water partition coefficient (Wildman–Crippen LogP) is 1.29. The van der Waals surface area contributed by atoms with E-state index in [-0.39, 0.29) is 0 Å². The summed E-state index contributed by atoms with van der Waals surface area (Å²) in [5.41, 5.74) is 2.27. The van der Waals surface area contributed by atoms with Gasteiger partial charge < -0.3 is 10.4 Å². The highest BCUT2D eigenvalue weighted by Gasteiger charge is 2.24. The van der Waals surface area contributed by atoms with Crippen LogP contribution in [0.1, 0.15) is 29.4 Å². The topological polar surface area (TPSA) is 73.8 Å². The molecule has 0 saturated carbocycles. The van der Waals surface area contributed by atoms with E-state index in [1.54, 1.807) is 6.07 Å². The zero-order valence-corrected chi connectivity index (χ0v) is 9.35. The number of hydrogen-bond donors (Lipinski definition) is 3. The molecule has 2 aromatic rings. The van der Waals surface area contributed by atoms with Crippen molar-refractivity contribution >= 4 is 0 Å². The van der Waals surface area contributed by atoms with Crippen molar-refractivity contribution in [3.63, 3.8) is 0 Å². The quantitative estimate of drug-likeness (QED) is 0.742. The number of aromatic amines is 1. The zero-order valence-electron chi connectivity index (χ0n) is 9.35. The monoisotopic (exact) mass is 230 g/mol. The molecule has 5 nitrogen and oxygen atoms in total. The van der Waals surface area contributed by atoms with Gasteiger partial charge in [0.2, 0.25) is 0 Å². The molecule has 0 spiro atoms. The normalized spacial score (nSPS) is 18.2. The van der Waals surface area contributed by atoms with Crippen molar-refractivity contribution in [3.8, 4) is 5.75 Å². The fourth-order valence-corrected chi connectivity index (χ4v) is 2.38. The fraction of sp³-hybridized carbons (Fsp3) is 0.333. The minimum Gasteiger partial charge on any atom is -0.508 e. The summed E-state index contributed by atoms with van der Waals surface area (Å²) >= 11 is 0. The molecular weight excluding hydrogens is 216 g/mol. The second-order valence-corrected chi connectivity index (χ2v) is 4.25. The van der Waals surface area contributed by atoms with E-state index >= 15 is 0 Å². The van der Waals surface area contributed by atoms with E-state index in [9.17, 15) is 5.11 Å². The largest absolute Gasteiger partial charge is 0.508 e. The highest BCUT2D eigenvalue weighted by molar-refractivity contribution is 5.44. The molecule has 0 amide bonds. The molecule has 0 aliphatic heterocycles. The molecule has 1 aromatic heterocycles. The summed E-state index contributed by atoms with van der Waals surface area (Å²) in [6, 6.07) is 6.00. The second kappa shape index (κ2) is 4.18. The molecule has 5 heteroatoms. The standard InChI is InChI=1S/C12H14N4O/c17-11-3-1-2-8-9(11)4-5-10(8)13-6-12-14-7-15-16-12/h1-3,7,10,13,17H,4-6H2,(H,14,15,16). The van der Waals surface area contributed by atoms with Crippen LogP contribution in [0.4, 0.5) is 0 Å². The Morgan fingerprint density at radius 3 is 3.24 bits per heavy atom. The molecule has 0 fully saturated rings. The van der Waals surface area contributed by atoms with Gasteiger partial charge in [-0.3, -0.25) is 5.10 Å². The molecular formula is C12H14N4O. The molecule has 0 saturated heterocycles. The number of phenolic OH excluding ortho intramolecular Hbond substituents is 1. The highest BCUT2D eigenvalue weighted by atomic mass is 16.3. The van der Waals surface area contributed by atoms with Crippen molar-refractivity contribution < 1.29 is 5.11 Å². The van der Waals surface area contributed by atoms with Crippen LogP contribution in [0.15, 0.2) is 24.5 Å². The third-order valence-electron chi connectivity index (χ3n) is 3.23. The Labute approximate surface area is 98.9 Å². The first-order valence-electron chi connectivity index (χ1n) is 5.73. The highest BCUT2D eigenvalue weighted by Crippen LogP contribution is 2.36. The van der Waals surface area contributed by atoms with Crippen LogP contribution in [-0.2, 0) is 13.0 Å². The number of hydrogen-bond acceptors (Lipinski definition) is 4. The van der Waals surface area contributed by atoms with Crippen molar-refractivity contribution in [1.82, 2.24) is 20.5 Å². The summed E-state index contributed by atoms with van der Waals surface area (Å²) in [6.07, 6.45) is 3.45. The van der Waals surface area contributed by atoms with Crippen molar-refractivity contribution in [2.24, 2.45) is 0 Å². The van der Waals surface area contributed by atoms with E-state index in [1.165, 1.54) is 11.9 Å². The molecule has 1 atom stereocenters. The summed E-state index contributed by atoms with van der Waals surface area (Å²) in [5.74, 6) is 1.24. The maximum absolute atomic E-state index is 9.75. The van der Waals surface area contributed by atoms with Gasteiger partial charge in [0.15, 0.2) is 0 Å². The van der Waals surface area contributed by atoms with Crippen molar-refractivity contribution in [2.45, 2.75) is 25.4 Å². The summed E-state index contributed by atoms with van der Waals surface area (Å²) in [5, 5.41) is 19.8. The van der Waals surface area contributed by atoms with Gasteiger partial charge in [-0.2, -0.15) is 5.10 Å². The van der Waals surface area contributed by atoms with Gasteiger partial charge >= 0.3 is 0 Å². The van der Waals surface area contributed by atoms with E-state index in [4.69, 9.17) is 0 Å². The van der Waals surface area contributed by atoms with Gasteiger partial charge in [0, 0.05) is 6.04 Å². The van der Waals surface area contributed by atoms with Crippen LogP contribution in [0.25, 0.3) is 0 Å². The molecule has 1 aliphatic rings. The fourth-order valence-electron chi connectivity index (χ4n) is 2.38. The van der Waals surface area contributed by atoms with Gasteiger partial charge in [-0.25, -0.2) is 4.98 Å². The van der Waals surface area contributed by atoms with Crippen LogP contribution in [0.2, 0.25) is 0 Å².